The summed E-state index contributed by atoms with van der Waals surface area (Å²) in [7, 11) is -0.839. The van der Waals surface area contributed by atoms with Gasteiger partial charge in [0.05, 0.1) is 0 Å². The van der Waals surface area contributed by atoms with Crippen molar-refractivity contribution in [1.29, 1.82) is 0 Å². The fraction of sp³-hybridized carbons (Fsp3) is 0.412. The van der Waals surface area contributed by atoms with Crippen LogP contribution in [-0.4, -0.2) is 15.7 Å². The first kappa shape index (κ1) is 15.2. The van der Waals surface area contributed by atoms with Crippen LogP contribution in [0.2, 0.25) is 0 Å². The Morgan fingerprint density at radius 3 is 2.50 bits per heavy atom. The van der Waals surface area contributed by atoms with Crippen molar-refractivity contribution in [2.24, 2.45) is 11.7 Å². The molecule has 2 nitrogen and oxygen atoms in total. The number of hydrogen-bond donors (Lipinski definition) is 1. The maximum Gasteiger partial charge on any atom is 0.0428 e. The van der Waals surface area contributed by atoms with E-state index < -0.39 is 10.8 Å². The maximum atomic E-state index is 12.1. The van der Waals surface area contributed by atoms with Crippen molar-refractivity contribution >= 4 is 21.6 Å². The molecule has 2 N–H and O–H groups in total. The van der Waals surface area contributed by atoms with Crippen molar-refractivity contribution in [2.45, 2.75) is 26.3 Å². The molecular formula is C17H23NOS. The minimum Gasteiger partial charge on any atom is -0.323 e. The van der Waals surface area contributed by atoms with Crippen LogP contribution in [0.4, 0.5) is 0 Å². The van der Waals surface area contributed by atoms with Gasteiger partial charge in [-0.25, -0.2) is 0 Å². The summed E-state index contributed by atoms with van der Waals surface area (Å²) in [5.41, 5.74) is 7.28. The number of rotatable bonds is 6. The zero-order chi connectivity index (χ0) is 14.5. The first-order valence-electron chi connectivity index (χ1n) is 7.19. The molecule has 0 aromatic heterocycles. The minimum absolute atomic E-state index is 0.149. The lowest BCUT2D eigenvalue weighted by Crippen LogP contribution is -2.21. The molecule has 0 bridgehead atoms. The Kier molecular flexibility index (Phi) is 5.32. The third-order valence-corrected chi connectivity index (χ3v) is 5.41. The molecular weight excluding hydrogens is 266 g/mol. The molecule has 0 saturated heterocycles. The van der Waals surface area contributed by atoms with Crippen LogP contribution in [0.15, 0.2) is 42.5 Å². The van der Waals surface area contributed by atoms with E-state index in [1.807, 2.05) is 18.2 Å². The summed E-state index contributed by atoms with van der Waals surface area (Å²) in [4.78, 5) is 0. The molecule has 0 radical (unpaired) electrons. The number of hydrogen-bond acceptors (Lipinski definition) is 2. The molecule has 0 heterocycles. The molecule has 20 heavy (non-hydrogen) atoms. The summed E-state index contributed by atoms with van der Waals surface area (Å²) in [5, 5.41) is 2.40. The molecule has 0 aliphatic rings. The third-order valence-electron chi connectivity index (χ3n) is 3.73. The van der Waals surface area contributed by atoms with Crippen molar-refractivity contribution in [3.05, 3.63) is 48.0 Å². The lowest BCUT2D eigenvalue weighted by molar-refractivity contribution is 0.612. The van der Waals surface area contributed by atoms with Gasteiger partial charge in [0.2, 0.25) is 0 Å². The third kappa shape index (κ3) is 3.90. The van der Waals surface area contributed by atoms with Crippen LogP contribution < -0.4 is 5.73 Å². The fourth-order valence-corrected chi connectivity index (χ4v) is 3.84. The SMILES string of the molecule is CCC(C)CS(=O)CC(N)c1ccc2ccccc2c1. The smallest absolute Gasteiger partial charge is 0.0428 e. The van der Waals surface area contributed by atoms with Gasteiger partial charge in [0.1, 0.15) is 0 Å². The monoisotopic (exact) mass is 289 g/mol. The maximum absolute atomic E-state index is 12.1. The average molecular weight is 289 g/mol. The number of benzene rings is 2. The molecule has 0 aliphatic heterocycles. The lowest BCUT2D eigenvalue weighted by Gasteiger charge is -2.14. The van der Waals surface area contributed by atoms with Gasteiger partial charge in [-0.1, -0.05) is 56.7 Å². The van der Waals surface area contributed by atoms with Gasteiger partial charge in [-0.15, -0.1) is 0 Å². The first-order valence-corrected chi connectivity index (χ1v) is 8.68. The summed E-state index contributed by atoms with van der Waals surface area (Å²) in [6, 6.07) is 14.3. The molecule has 0 fully saturated rings. The Hall–Kier alpha value is -1.19. The highest BCUT2D eigenvalue weighted by Crippen LogP contribution is 2.20. The van der Waals surface area contributed by atoms with Crippen LogP contribution in [0.5, 0.6) is 0 Å². The summed E-state index contributed by atoms with van der Waals surface area (Å²) < 4.78 is 12.1. The topological polar surface area (TPSA) is 43.1 Å². The highest BCUT2D eigenvalue weighted by molar-refractivity contribution is 7.85. The van der Waals surface area contributed by atoms with Crippen molar-refractivity contribution in [3.63, 3.8) is 0 Å². The van der Waals surface area contributed by atoms with Crippen molar-refractivity contribution in [1.82, 2.24) is 0 Å². The van der Waals surface area contributed by atoms with Crippen molar-refractivity contribution in [3.8, 4) is 0 Å². The van der Waals surface area contributed by atoms with E-state index in [-0.39, 0.29) is 6.04 Å². The predicted molar refractivity (Wildman–Crippen MR) is 88.2 cm³/mol. The van der Waals surface area contributed by atoms with E-state index in [4.69, 9.17) is 5.73 Å². The van der Waals surface area contributed by atoms with Gasteiger partial charge in [-0.3, -0.25) is 4.21 Å². The Labute approximate surface area is 123 Å². The van der Waals surface area contributed by atoms with E-state index in [0.29, 0.717) is 11.7 Å². The molecule has 2 aromatic rings. The predicted octanol–water partition coefficient (Wildman–Crippen LogP) is 3.63. The molecule has 0 spiro atoms. The van der Waals surface area contributed by atoms with Gasteiger partial charge in [0.15, 0.2) is 0 Å². The van der Waals surface area contributed by atoms with Gasteiger partial charge in [0.25, 0.3) is 0 Å². The van der Waals surface area contributed by atoms with Crippen LogP contribution in [0.1, 0.15) is 31.9 Å². The zero-order valence-electron chi connectivity index (χ0n) is 12.2. The second kappa shape index (κ2) is 7.00. The van der Waals surface area contributed by atoms with Gasteiger partial charge < -0.3 is 5.73 Å². The van der Waals surface area contributed by atoms with E-state index in [1.54, 1.807) is 0 Å². The Morgan fingerprint density at radius 1 is 1.10 bits per heavy atom. The van der Waals surface area contributed by atoms with E-state index in [9.17, 15) is 4.21 Å². The first-order chi connectivity index (χ1) is 9.60. The second-order valence-electron chi connectivity index (χ2n) is 5.50. The van der Waals surface area contributed by atoms with E-state index in [1.165, 1.54) is 10.8 Å². The van der Waals surface area contributed by atoms with Crippen molar-refractivity contribution < 1.29 is 4.21 Å². The lowest BCUT2D eigenvalue weighted by atomic mass is 10.0. The summed E-state index contributed by atoms with van der Waals surface area (Å²) in [6.07, 6.45) is 1.07. The Balaban J connectivity index is 2.07. The van der Waals surface area contributed by atoms with E-state index in [0.717, 1.165) is 17.7 Å². The molecule has 0 saturated carbocycles. The number of fused-ring (bicyclic) bond motifs is 1. The van der Waals surface area contributed by atoms with Gasteiger partial charge >= 0.3 is 0 Å². The molecule has 0 aliphatic carbocycles. The molecule has 3 atom stereocenters. The average Bonchev–Trinajstić information content (AvgIpc) is 2.46. The van der Waals surface area contributed by atoms with Crippen LogP contribution in [0.3, 0.4) is 0 Å². The quantitative estimate of drug-likeness (QED) is 0.882. The normalized spacial score (nSPS) is 15.9. The second-order valence-corrected chi connectivity index (χ2v) is 7.05. The molecule has 3 unspecified atom stereocenters. The Morgan fingerprint density at radius 2 is 1.80 bits per heavy atom. The van der Waals surface area contributed by atoms with Crippen LogP contribution >= 0.6 is 0 Å². The number of nitrogens with two attached hydrogens (primary N) is 1. The van der Waals surface area contributed by atoms with Gasteiger partial charge in [-0.05, 0) is 28.3 Å². The standard InChI is InChI=1S/C17H23NOS/c1-3-13(2)11-20(19)12-17(18)16-9-8-14-6-4-5-7-15(14)10-16/h4-10,13,17H,3,11-12,18H2,1-2H3. The highest BCUT2D eigenvalue weighted by Gasteiger charge is 2.13. The van der Waals surface area contributed by atoms with Crippen LogP contribution in [0.25, 0.3) is 10.8 Å². The molecule has 108 valence electrons. The fourth-order valence-electron chi connectivity index (χ4n) is 2.24. The highest BCUT2D eigenvalue weighted by atomic mass is 32.2. The molecule has 3 heteroatoms. The Bertz CT molecular complexity index is 596. The van der Waals surface area contributed by atoms with E-state index in [2.05, 4.69) is 38.1 Å². The van der Waals surface area contributed by atoms with Crippen molar-refractivity contribution in [2.75, 3.05) is 11.5 Å². The minimum atomic E-state index is -0.839. The summed E-state index contributed by atoms with van der Waals surface area (Å²) >= 11 is 0. The largest absolute Gasteiger partial charge is 0.323 e. The molecule has 2 rings (SSSR count). The molecule has 2 aromatic carbocycles. The summed E-state index contributed by atoms with van der Waals surface area (Å²) in [5.74, 6) is 1.79. The van der Waals surface area contributed by atoms with Gasteiger partial charge in [-0.2, -0.15) is 0 Å². The van der Waals surface area contributed by atoms with Crippen LogP contribution in [0, 0.1) is 5.92 Å². The van der Waals surface area contributed by atoms with Gasteiger partial charge in [0, 0.05) is 28.3 Å². The van der Waals surface area contributed by atoms with E-state index >= 15 is 0 Å². The van der Waals surface area contributed by atoms with Crippen LogP contribution in [-0.2, 0) is 10.8 Å². The zero-order valence-corrected chi connectivity index (χ0v) is 13.0. The molecule has 0 amide bonds. The summed E-state index contributed by atoms with van der Waals surface area (Å²) in [6.45, 7) is 4.27.